The van der Waals surface area contributed by atoms with Crippen LogP contribution in [0.1, 0.15) is 6.92 Å². The molecule has 11 heteroatoms. The zero-order chi connectivity index (χ0) is 22.7. The maximum absolute atomic E-state index is 12.8. The van der Waals surface area contributed by atoms with Gasteiger partial charge in [-0.25, -0.2) is 4.98 Å². The normalized spacial score (nSPS) is 10.7. The molecule has 4 aromatic rings. The van der Waals surface area contributed by atoms with Gasteiger partial charge in [0, 0.05) is 24.4 Å². The van der Waals surface area contributed by atoms with Crippen LogP contribution < -0.4 is 20.9 Å². The number of amides is 2. The van der Waals surface area contributed by atoms with Crippen LogP contribution in [0.15, 0.2) is 59.7 Å². The third-order valence-corrected chi connectivity index (χ3v) is 4.53. The van der Waals surface area contributed by atoms with Crippen LogP contribution in [-0.2, 0) is 16.1 Å². The summed E-state index contributed by atoms with van der Waals surface area (Å²) in [5, 5.41) is 13.3. The van der Waals surface area contributed by atoms with Gasteiger partial charge < -0.3 is 15.4 Å². The fourth-order valence-corrected chi connectivity index (χ4v) is 3.07. The summed E-state index contributed by atoms with van der Waals surface area (Å²) >= 11 is 0. The van der Waals surface area contributed by atoms with Crippen molar-refractivity contribution in [2.45, 2.75) is 13.5 Å². The Hall–Kier alpha value is -4.54. The smallest absolute Gasteiger partial charge is 0.284 e. The number of hydrogen-bond acceptors (Lipinski definition) is 7. The number of anilines is 2. The van der Waals surface area contributed by atoms with E-state index in [1.165, 1.54) is 17.9 Å². The molecule has 0 radical (unpaired) electrons. The number of benzene rings is 2. The number of ether oxygens (including phenoxy) is 1. The van der Waals surface area contributed by atoms with Crippen molar-refractivity contribution in [2.75, 3.05) is 17.7 Å². The second kappa shape index (κ2) is 8.68. The fourth-order valence-electron chi connectivity index (χ4n) is 3.07. The minimum absolute atomic E-state index is 0.0442. The molecule has 32 heavy (non-hydrogen) atoms. The van der Waals surface area contributed by atoms with E-state index in [0.717, 1.165) is 4.57 Å². The Labute approximate surface area is 181 Å². The van der Waals surface area contributed by atoms with E-state index < -0.39 is 11.5 Å². The van der Waals surface area contributed by atoms with Gasteiger partial charge in [-0.2, -0.15) is 4.68 Å². The number of methoxy groups -OCH3 is 1. The monoisotopic (exact) mass is 433 g/mol. The van der Waals surface area contributed by atoms with Gasteiger partial charge in [0.15, 0.2) is 11.2 Å². The molecule has 0 atom stereocenters. The van der Waals surface area contributed by atoms with Gasteiger partial charge in [0.2, 0.25) is 11.8 Å². The quantitative estimate of drug-likeness (QED) is 0.472. The van der Waals surface area contributed by atoms with Crippen molar-refractivity contribution in [3.05, 3.63) is 65.2 Å². The lowest BCUT2D eigenvalue weighted by atomic mass is 10.2. The van der Waals surface area contributed by atoms with Crippen LogP contribution in [0, 0.1) is 0 Å². The maximum atomic E-state index is 12.8. The number of carbonyl (C=O) groups is 2. The summed E-state index contributed by atoms with van der Waals surface area (Å²) in [6.07, 6.45) is 1.28. The van der Waals surface area contributed by atoms with Gasteiger partial charge in [-0.15, -0.1) is 5.10 Å². The Morgan fingerprint density at radius 2 is 1.78 bits per heavy atom. The van der Waals surface area contributed by atoms with Crippen molar-refractivity contribution >= 4 is 34.4 Å². The molecule has 2 heterocycles. The Morgan fingerprint density at radius 3 is 2.47 bits per heavy atom. The number of fused-ring (bicyclic) bond motifs is 1. The molecule has 2 aromatic heterocycles. The molecule has 0 bridgehead atoms. The topological polar surface area (TPSA) is 133 Å². The van der Waals surface area contributed by atoms with E-state index in [4.69, 9.17) is 4.74 Å². The highest BCUT2D eigenvalue weighted by molar-refractivity contribution is 5.92. The van der Waals surface area contributed by atoms with Crippen molar-refractivity contribution in [3.63, 3.8) is 0 Å². The number of rotatable bonds is 6. The van der Waals surface area contributed by atoms with Gasteiger partial charge in [-0.05, 0) is 36.4 Å². The molecule has 162 valence electrons. The Morgan fingerprint density at radius 1 is 1.06 bits per heavy atom. The fraction of sp³-hybridized carbons (Fsp3) is 0.143. The molecule has 0 saturated heterocycles. The Balaban J connectivity index is 1.52. The first-order valence-electron chi connectivity index (χ1n) is 9.57. The van der Waals surface area contributed by atoms with Crippen molar-refractivity contribution < 1.29 is 14.3 Å². The lowest BCUT2D eigenvalue weighted by Gasteiger charge is -2.08. The highest BCUT2D eigenvalue weighted by Gasteiger charge is 2.15. The number of aromatic nitrogens is 5. The van der Waals surface area contributed by atoms with Crippen LogP contribution in [0.4, 0.5) is 11.4 Å². The van der Waals surface area contributed by atoms with E-state index in [2.05, 4.69) is 25.9 Å². The molecule has 0 spiro atoms. The average Bonchev–Trinajstić information content (AvgIpc) is 3.22. The molecular weight excluding hydrogens is 414 g/mol. The van der Waals surface area contributed by atoms with Gasteiger partial charge in [0.25, 0.3) is 5.56 Å². The number of nitrogens with one attached hydrogen (secondary N) is 2. The minimum atomic E-state index is -0.486. The van der Waals surface area contributed by atoms with E-state index >= 15 is 0 Å². The van der Waals surface area contributed by atoms with E-state index in [1.807, 2.05) is 0 Å². The highest BCUT2D eigenvalue weighted by atomic mass is 16.5. The average molecular weight is 433 g/mol. The van der Waals surface area contributed by atoms with Gasteiger partial charge in [-0.1, -0.05) is 11.3 Å². The van der Waals surface area contributed by atoms with E-state index in [-0.39, 0.29) is 23.6 Å². The van der Waals surface area contributed by atoms with Crippen LogP contribution in [0.3, 0.4) is 0 Å². The zero-order valence-corrected chi connectivity index (χ0v) is 17.3. The first kappa shape index (κ1) is 20.7. The molecule has 0 aliphatic rings. The molecule has 4 rings (SSSR count). The molecule has 11 nitrogen and oxygen atoms in total. The van der Waals surface area contributed by atoms with Crippen molar-refractivity contribution in [1.29, 1.82) is 0 Å². The first-order chi connectivity index (χ1) is 15.4. The predicted octanol–water partition coefficient (Wildman–Crippen LogP) is 1.58. The second-order valence-electron chi connectivity index (χ2n) is 6.86. The van der Waals surface area contributed by atoms with Gasteiger partial charge >= 0.3 is 0 Å². The predicted molar refractivity (Wildman–Crippen MR) is 117 cm³/mol. The summed E-state index contributed by atoms with van der Waals surface area (Å²) in [4.78, 5) is 40.6. The lowest BCUT2D eigenvalue weighted by Crippen LogP contribution is -2.28. The summed E-state index contributed by atoms with van der Waals surface area (Å²) in [5.74, 6) is 0.0226. The van der Waals surface area contributed by atoms with Crippen LogP contribution >= 0.6 is 0 Å². The molecule has 0 aliphatic carbocycles. The lowest BCUT2D eigenvalue weighted by molar-refractivity contribution is -0.117. The molecule has 0 fully saturated rings. The molecule has 2 N–H and O–H groups in total. The van der Waals surface area contributed by atoms with Crippen molar-refractivity contribution in [2.24, 2.45) is 0 Å². The number of carbonyl (C=O) groups excluding carboxylic acids is 2. The van der Waals surface area contributed by atoms with Gasteiger partial charge in [0.05, 0.1) is 12.8 Å². The van der Waals surface area contributed by atoms with E-state index in [9.17, 15) is 14.4 Å². The Kier molecular flexibility index (Phi) is 5.62. The Bertz CT molecular complexity index is 1360. The van der Waals surface area contributed by atoms with Gasteiger partial charge in [0.1, 0.15) is 18.6 Å². The standard InChI is InChI=1S/C21H19N7O4/c1-13(29)23-14-6-8-15(9-7-14)24-18(30)11-27-12-22-20-19(21(27)31)25-26-28(20)16-4-3-5-17(10-16)32-2/h3-10,12H,11H2,1-2H3,(H,23,29)(H,24,30). The molecule has 2 aromatic carbocycles. The third kappa shape index (κ3) is 4.31. The maximum Gasteiger partial charge on any atom is 0.284 e. The zero-order valence-electron chi connectivity index (χ0n) is 17.3. The van der Waals surface area contributed by atoms with Gasteiger partial charge in [-0.3, -0.25) is 19.0 Å². The van der Waals surface area contributed by atoms with Crippen molar-refractivity contribution in [3.8, 4) is 11.4 Å². The number of nitrogens with zero attached hydrogens (tertiary/aromatic N) is 5. The molecule has 0 unspecified atom stereocenters. The summed E-state index contributed by atoms with van der Waals surface area (Å²) in [6, 6.07) is 13.7. The highest BCUT2D eigenvalue weighted by Crippen LogP contribution is 2.18. The summed E-state index contributed by atoms with van der Waals surface area (Å²) in [6.45, 7) is 1.16. The molecule has 0 saturated carbocycles. The molecule has 0 aliphatic heterocycles. The third-order valence-electron chi connectivity index (χ3n) is 4.53. The summed E-state index contributed by atoms with van der Waals surface area (Å²) in [5.41, 5.74) is 1.60. The van der Waals surface area contributed by atoms with Crippen LogP contribution in [0.25, 0.3) is 16.9 Å². The largest absolute Gasteiger partial charge is 0.497 e. The summed E-state index contributed by atoms with van der Waals surface area (Å²) < 4.78 is 7.80. The first-order valence-corrected chi connectivity index (χ1v) is 9.57. The molecular formula is C21H19N7O4. The van der Waals surface area contributed by atoms with Crippen molar-refractivity contribution in [1.82, 2.24) is 24.5 Å². The SMILES string of the molecule is COc1cccc(-n2nnc3c(=O)n(CC(=O)Nc4ccc(NC(C)=O)cc4)cnc32)c1. The summed E-state index contributed by atoms with van der Waals surface area (Å²) in [7, 11) is 1.55. The molecule has 2 amide bonds. The van der Waals surface area contributed by atoms with Crippen LogP contribution in [0.5, 0.6) is 5.75 Å². The number of hydrogen-bond donors (Lipinski definition) is 2. The van der Waals surface area contributed by atoms with Crippen LogP contribution in [-0.4, -0.2) is 43.5 Å². The van der Waals surface area contributed by atoms with Crippen LogP contribution in [0.2, 0.25) is 0 Å². The van der Waals surface area contributed by atoms with E-state index in [1.54, 1.807) is 55.6 Å². The second-order valence-corrected chi connectivity index (χ2v) is 6.86. The van der Waals surface area contributed by atoms with E-state index in [0.29, 0.717) is 22.8 Å². The minimum Gasteiger partial charge on any atom is -0.497 e.